The van der Waals surface area contributed by atoms with Gasteiger partial charge in [0.2, 0.25) is 0 Å². The Hall–Kier alpha value is -0.920. The van der Waals surface area contributed by atoms with E-state index in [0.717, 1.165) is 5.56 Å². The second-order valence-electron chi connectivity index (χ2n) is 5.48. The summed E-state index contributed by atoms with van der Waals surface area (Å²) in [6.07, 6.45) is 0. The second-order valence-corrected chi connectivity index (χ2v) is 10.1. The molecule has 7 heteroatoms. The van der Waals surface area contributed by atoms with Crippen molar-refractivity contribution in [2.45, 2.75) is 37.5 Å². The number of nitrogens with two attached hydrogens (primary N) is 1. The number of hydrogen-bond acceptors (Lipinski definition) is 5. The van der Waals surface area contributed by atoms with Gasteiger partial charge in [-0.3, -0.25) is 0 Å². The van der Waals surface area contributed by atoms with Crippen molar-refractivity contribution in [3.63, 3.8) is 0 Å². The summed E-state index contributed by atoms with van der Waals surface area (Å²) in [7, 11) is -7.01. The van der Waals surface area contributed by atoms with E-state index in [1.54, 1.807) is 19.1 Å². The molecule has 5 nitrogen and oxygen atoms in total. The zero-order valence-electron chi connectivity index (χ0n) is 12.6. The van der Waals surface area contributed by atoms with Gasteiger partial charge in [-0.15, -0.1) is 0 Å². The number of hydrogen-bond donors (Lipinski definition) is 1. The molecule has 1 unspecified atom stereocenters. The third-order valence-electron chi connectivity index (χ3n) is 3.66. The molecule has 0 aliphatic rings. The zero-order chi connectivity index (χ0) is 16.3. The predicted molar refractivity (Wildman–Crippen MR) is 84.5 cm³/mol. The third kappa shape index (κ3) is 4.79. The first kappa shape index (κ1) is 18.1. The van der Waals surface area contributed by atoms with Crippen molar-refractivity contribution in [1.82, 2.24) is 0 Å². The van der Waals surface area contributed by atoms with E-state index in [1.165, 1.54) is 12.1 Å². The van der Waals surface area contributed by atoms with Gasteiger partial charge in [-0.25, -0.2) is 16.8 Å². The van der Waals surface area contributed by atoms with Crippen molar-refractivity contribution in [2.75, 3.05) is 11.5 Å². The van der Waals surface area contributed by atoms with Crippen LogP contribution in [0.25, 0.3) is 0 Å². The third-order valence-corrected chi connectivity index (χ3v) is 8.10. The molecule has 1 atom stereocenters. The van der Waals surface area contributed by atoms with E-state index in [2.05, 4.69) is 0 Å². The number of sulfone groups is 2. The number of benzene rings is 1. The minimum Gasteiger partial charge on any atom is -0.326 e. The lowest BCUT2D eigenvalue weighted by atomic mass is 10.2. The van der Waals surface area contributed by atoms with Crippen molar-refractivity contribution < 1.29 is 16.8 Å². The van der Waals surface area contributed by atoms with Gasteiger partial charge in [-0.2, -0.15) is 0 Å². The molecule has 21 heavy (non-hydrogen) atoms. The molecule has 0 spiro atoms. The minimum absolute atomic E-state index is 0.0402. The van der Waals surface area contributed by atoms with Gasteiger partial charge in [-0.1, -0.05) is 26.0 Å². The molecule has 1 aromatic carbocycles. The van der Waals surface area contributed by atoms with Gasteiger partial charge in [-0.05, 0) is 30.5 Å². The number of rotatable bonds is 7. The molecule has 120 valence electrons. The van der Waals surface area contributed by atoms with Crippen LogP contribution >= 0.6 is 0 Å². The molecule has 0 radical (unpaired) electrons. The lowest BCUT2D eigenvalue weighted by molar-refractivity contribution is 0.545. The Morgan fingerprint density at radius 2 is 1.48 bits per heavy atom. The standard InChI is InChI=1S/C14H23NO4S2/c1-11(2)12(3)20(16,17)8-9-21(18,19)14-6-4-13(10-15)5-7-14/h4-7,11-12H,8-10,15H2,1-3H3. The summed E-state index contributed by atoms with van der Waals surface area (Å²) in [5.74, 6) is -0.789. The summed E-state index contributed by atoms with van der Waals surface area (Å²) in [6.45, 7) is 5.56. The van der Waals surface area contributed by atoms with Crippen LogP contribution in [-0.4, -0.2) is 33.6 Å². The fraction of sp³-hybridized carbons (Fsp3) is 0.571. The van der Waals surface area contributed by atoms with Crippen molar-refractivity contribution >= 4 is 19.7 Å². The molecule has 1 aromatic rings. The largest absolute Gasteiger partial charge is 0.326 e. The van der Waals surface area contributed by atoms with Gasteiger partial charge in [0.1, 0.15) is 0 Å². The van der Waals surface area contributed by atoms with Crippen LogP contribution in [0.3, 0.4) is 0 Å². The highest BCUT2D eigenvalue weighted by atomic mass is 32.2. The van der Waals surface area contributed by atoms with Crippen molar-refractivity contribution in [1.29, 1.82) is 0 Å². The van der Waals surface area contributed by atoms with E-state index in [-0.39, 0.29) is 16.6 Å². The normalized spacial score (nSPS) is 14.3. The summed E-state index contributed by atoms with van der Waals surface area (Å²) in [6, 6.07) is 6.21. The van der Waals surface area contributed by atoms with Crippen LogP contribution in [0.2, 0.25) is 0 Å². The van der Waals surface area contributed by atoms with Crippen molar-refractivity contribution in [2.24, 2.45) is 11.7 Å². The van der Waals surface area contributed by atoms with Gasteiger partial charge >= 0.3 is 0 Å². The first-order valence-corrected chi connectivity index (χ1v) is 10.2. The maximum absolute atomic E-state index is 12.2. The Morgan fingerprint density at radius 3 is 1.90 bits per heavy atom. The van der Waals surface area contributed by atoms with E-state index in [0.29, 0.717) is 6.54 Å². The maximum atomic E-state index is 12.2. The fourth-order valence-corrected chi connectivity index (χ4v) is 5.57. The maximum Gasteiger partial charge on any atom is 0.179 e. The van der Waals surface area contributed by atoms with Crippen LogP contribution in [-0.2, 0) is 26.2 Å². The van der Waals surface area contributed by atoms with Crippen LogP contribution in [0.4, 0.5) is 0 Å². The molecular formula is C14H23NO4S2. The van der Waals surface area contributed by atoms with E-state index in [9.17, 15) is 16.8 Å². The molecule has 0 fully saturated rings. The van der Waals surface area contributed by atoms with Gasteiger partial charge < -0.3 is 5.73 Å². The van der Waals surface area contributed by atoms with Gasteiger partial charge in [0.15, 0.2) is 19.7 Å². The fourth-order valence-electron chi connectivity index (χ4n) is 1.78. The molecular weight excluding hydrogens is 310 g/mol. The summed E-state index contributed by atoms with van der Waals surface area (Å²) < 4.78 is 48.5. The Bertz CT molecular complexity index is 661. The molecule has 0 heterocycles. The van der Waals surface area contributed by atoms with Crippen LogP contribution in [0.15, 0.2) is 29.2 Å². The Labute approximate surface area is 127 Å². The molecule has 1 rings (SSSR count). The average Bonchev–Trinajstić information content (AvgIpc) is 2.44. The van der Waals surface area contributed by atoms with E-state index in [4.69, 9.17) is 5.73 Å². The SMILES string of the molecule is CC(C)C(C)S(=O)(=O)CCS(=O)(=O)c1ccc(CN)cc1. The molecule has 2 N–H and O–H groups in total. The van der Waals surface area contributed by atoms with E-state index in [1.807, 2.05) is 13.8 Å². The first-order valence-electron chi connectivity index (χ1n) is 6.83. The Balaban J connectivity index is 2.86. The summed E-state index contributed by atoms with van der Waals surface area (Å²) in [5.41, 5.74) is 6.29. The highest BCUT2D eigenvalue weighted by molar-refractivity contribution is 7.95. The average molecular weight is 333 g/mol. The highest BCUT2D eigenvalue weighted by Crippen LogP contribution is 2.16. The summed E-state index contributed by atoms with van der Waals surface area (Å²) in [4.78, 5) is 0.132. The molecule has 0 aliphatic carbocycles. The van der Waals surface area contributed by atoms with Gasteiger partial charge in [0.25, 0.3) is 0 Å². The van der Waals surface area contributed by atoms with Gasteiger partial charge in [0.05, 0.1) is 21.7 Å². The smallest absolute Gasteiger partial charge is 0.179 e. The highest BCUT2D eigenvalue weighted by Gasteiger charge is 2.26. The lowest BCUT2D eigenvalue weighted by Gasteiger charge is -2.16. The van der Waals surface area contributed by atoms with E-state index < -0.39 is 30.7 Å². The summed E-state index contributed by atoms with van der Waals surface area (Å²) >= 11 is 0. The monoisotopic (exact) mass is 333 g/mol. The van der Waals surface area contributed by atoms with Gasteiger partial charge in [0, 0.05) is 6.54 Å². The van der Waals surface area contributed by atoms with Crippen LogP contribution < -0.4 is 5.73 Å². The van der Waals surface area contributed by atoms with Crippen LogP contribution in [0, 0.1) is 5.92 Å². The van der Waals surface area contributed by atoms with Crippen LogP contribution in [0.1, 0.15) is 26.3 Å². The quantitative estimate of drug-likeness (QED) is 0.813. The second kappa shape index (κ2) is 6.89. The topological polar surface area (TPSA) is 94.3 Å². The zero-order valence-corrected chi connectivity index (χ0v) is 14.2. The molecule has 0 amide bonds. The van der Waals surface area contributed by atoms with Crippen LogP contribution in [0.5, 0.6) is 0 Å². The Morgan fingerprint density at radius 1 is 0.952 bits per heavy atom. The first-order chi connectivity index (χ1) is 9.60. The molecule has 0 saturated heterocycles. The van der Waals surface area contributed by atoms with Crippen molar-refractivity contribution in [3.8, 4) is 0 Å². The molecule has 0 bridgehead atoms. The molecule has 0 aliphatic heterocycles. The molecule has 0 aromatic heterocycles. The minimum atomic E-state index is -3.60. The predicted octanol–water partition coefficient (Wildman–Crippen LogP) is 1.38. The van der Waals surface area contributed by atoms with Crippen molar-refractivity contribution in [3.05, 3.63) is 29.8 Å². The lowest BCUT2D eigenvalue weighted by Crippen LogP contribution is -2.29. The van der Waals surface area contributed by atoms with E-state index >= 15 is 0 Å². The molecule has 0 saturated carbocycles. The Kier molecular flexibility index (Phi) is 5.95. The summed E-state index contributed by atoms with van der Waals surface area (Å²) in [5, 5.41) is -0.549.